The minimum Gasteiger partial charge on any atom is -0.355 e. The maximum atomic E-state index is 12.1. The summed E-state index contributed by atoms with van der Waals surface area (Å²) in [5.41, 5.74) is 6.05. The van der Waals surface area contributed by atoms with Gasteiger partial charge >= 0.3 is 0 Å². The summed E-state index contributed by atoms with van der Waals surface area (Å²) >= 11 is 0. The van der Waals surface area contributed by atoms with E-state index in [-0.39, 0.29) is 5.92 Å². The Bertz CT molecular complexity index is 276. The summed E-state index contributed by atoms with van der Waals surface area (Å²) < 4.78 is 0. The van der Waals surface area contributed by atoms with Gasteiger partial charge in [0.05, 0.1) is 0 Å². The zero-order chi connectivity index (χ0) is 13.0. The predicted octanol–water partition coefficient (Wildman–Crippen LogP) is 2.45. The molecule has 0 unspecified atom stereocenters. The maximum Gasteiger partial charge on any atom is 0.223 e. The Balaban J connectivity index is 1.72. The van der Waals surface area contributed by atoms with Gasteiger partial charge in [-0.25, -0.2) is 0 Å². The molecule has 0 aromatic rings. The van der Waals surface area contributed by atoms with Gasteiger partial charge in [0.15, 0.2) is 0 Å². The SMILES string of the molecule is CC1(CNC(=O)C2CCC(CN)CC2)CCCC1. The molecule has 0 aromatic carbocycles. The van der Waals surface area contributed by atoms with Crippen LogP contribution in [0, 0.1) is 17.3 Å². The quantitative estimate of drug-likeness (QED) is 0.807. The van der Waals surface area contributed by atoms with Gasteiger partial charge in [-0.1, -0.05) is 19.8 Å². The molecule has 0 radical (unpaired) electrons. The van der Waals surface area contributed by atoms with Crippen molar-refractivity contribution in [3.63, 3.8) is 0 Å². The van der Waals surface area contributed by atoms with Gasteiger partial charge in [0.25, 0.3) is 0 Å². The van der Waals surface area contributed by atoms with Crippen LogP contribution in [0.25, 0.3) is 0 Å². The van der Waals surface area contributed by atoms with Crippen molar-refractivity contribution in [1.29, 1.82) is 0 Å². The molecular weight excluding hydrogens is 224 g/mol. The first-order valence-corrected chi connectivity index (χ1v) is 7.61. The Morgan fingerprint density at radius 1 is 1.22 bits per heavy atom. The van der Waals surface area contributed by atoms with Crippen molar-refractivity contribution in [1.82, 2.24) is 5.32 Å². The van der Waals surface area contributed by atoms with E-state index in [0.29, 0.717) is 17.2 Å². The lowest BCUT2D eigenvalue weighted by atomic mass is 9.81. The van der Waals surface area contributed by atoms with Crippen LogP contribution in [0.3, 0.4) is 0 Å². The van der Waals surface area contributed by atoms with Crippen molar-refractivity contribution in [2.24, 2.45) is 23.0 Å². The molecule has 18 heavy (non-hydrogen) atoms. The molecule has 0 heterocycles. The molecule has 2 fully saturated rings. The molecule has 0 spiro atoms. The molecule has 0 aliphatic heterocycles. The van der Waals surface area contributed by atoms with Gasteiger partial charge in [-0.05, 0) is 56.4 Å². The second kappa shape index (κ2) is 6.05. The van der Waals surface area contributed by atoms with Crippen LogP contribution in [0.15, 0.2) is 0 Å². The van der Waals surface area contributed by atoms with E-state index in [9.17, 15) is 4.79 Å². The molecule has 3 heteroatoms. The topological polar surface area (TPSA) is 55.1 Å². The van der Waals surface area contributed by atoms with Gasteiger partial charge in [0.1, 0.15) is 0 Å². The zero-order valence-electron chi connectivity index (χ0n) is 11.7. The van der Waals surface area contributed by atoms with Crippen LogP contribution < -0.4 is 11.1 Å². The monoisotopic (exact) mass is 252 g/mol. The van der Waals surface area contributed by atoms with Gasteiger partial charge < -0.3 is 11.1 Å². The summed E-state index contributed by atoms with van der Waals surface area (Å²) in [5, 5.41) is 3.20. The summed E-state index contributed by atoms with van der Waals surface area (Å²) in [6.07, 6.45) is 9.52. The number of nitrogens with two attached hydrogens (primary N) is 1. The van der Waals surface area contributed by atoms with Crippen LogP contribution in [0.5, 0.6) is 0 Å². The van der Waals surface area contributed by atoms with Crippen LogP contribution in [0.2, 0.25) is 0 Å². The highest BCUT2D eigenvalue weighted by Gasteiger charge is 2.31. The highest BCUT2D eigenvalue weighted by atomic mass is 16.1. The van der Waals surface area contributed by atoms with Crippen molar-refractivity contribution in [2.45, 2.75) is 58.3 Å². The van der Waals surface area contributed by atoms with E-state index < -0.39 is 0 Å². The number of amides is 1. The van der Waals surface area contributed by atoms with E-state index in [1.165, 1.54) is 25.7 Å². The highest BCUT2D eigenvalue weighted by Crippen LogP contribution is 2.37. The van der Waals surface area contributed by atoms with E-state index >= 15 is 0 Å². The third-order valence-electron chi connectivity index (χ3n) is 5.05. The third kappa shape index (κ3) is 3.47. The largest absolute Gasteiger partial charge is 0.355 e. The Hall–Kier alpha value is -0.570. The lowest BCUT2D eigenvalue weighted by molar-refractivity contribution is -0.126. The van der Waals surface area contributed by atoms with Crippen molar-refractivity contribution < 1.29 is 4.79 Å². The number of hydrogen-bond acceptors (Lipinski definition) is 2. The lowest BCUT2D eigenvalue weighted by Gasteiger charge is -2.29. The van der Waals surface area contributed by atoms with Gasteiger partial charge in [0, 0.05) is 12.5 Å². The van der Waals surface area contributed by atoms with E-state index in [4.69, 9.17) is 5.73 Å². The average Bonchev–Trinajstić information content (AvgIpc) is 2.83. The fourth-order valence-corrected chi connectivity index (χ4v) is 3.51. The third-order valence-corrected chi connectivity index (χ3v) is 5.05. The normalized spacial score (nSPS) is 31.2. The molecule has 1 amide bonds. The summed E-state index contributed by atoms with van der Waals surface area (Å²) in [4.78, 5) is 12.1. The smallest absolute Gasteiger partial charge is 0.223 e. The number of carbonyl (C=O) groups excluding carboxylic acids is 1. The molecular formula is C15H28N2O. The Morgan fingerprint density at radius 3 is 2.39 bits per heavy atom. The fraction of sp³-hybridized carbons (Fsp3) is 0.933. The highest BCUT2D eigenvalue weighted by molar-refractivity contribution is 5.78. The first-order valence-electron chi connectivity index (χ1n) is 7.61. The molecule has 0 aromatic heterocycles. The summed E-state index contributed by atoms with van der Waals surface area (Å²) in [6, 6.07) is 0. The van der Waals surface area contributed by atoms with Crippen LogP contribution in [0.4, 0.5) is 0 Å². The molecule has 104 valence electrons. The van der Waals surface area contributed by atoms with Gasteiger partial charge in [0.2, 0.25) is 5.91 Å². The summed E-state index contributed by atoms with van der Waals surface area (Å²) in [5.74, 6) is 1.19. The van der Waals surface area contributed by atoms with Crippen LogP contribution in [-0.4, -0.2) is 19.0 Å². The number of nitrogens with one attached hydrogen (secondary N) is 1. The van der Waals surface area contributed by atoms with Gasteiger partial charge in [-0.15, -0.1) is 0 Å². The van der Waals surface area contributed by atoms with Crippen LogP contribution in [-0.2, 0) is 4.79 Å². The molecule has 2 aliphatic rings. The molecule has 2 saturated carbocycles. The van der Waals surface area contributed by atoms with Gasteiger partial charge in [-0.2, -0.15) is 0 Å². The number of carbonyl (C=O) groups is 1. The second-order valence-corrected chi connectivity index (χ2v) is 6.69. The van der Waals surface area contributed by atoms with Crippen LogP contribution in [0.1, 0.15) is 58.3 Å². The first kappa shape index (κ1) is 13.9. The summed E-state index contributed by atoms with van der Waals surface area (Å²) in [6.45, 7) is 3.97. The van der Waals surface area contributed by atoms with E-state index in [0.717, 1.165) is 38.8 Å². The molecule has 0 saturated heterocycles. The Morgan fingerprint density at radius 2 is 1.83 bits per heavy atom. The van der Waals surface area contributed by atoms with Crippen molar-refractivity contribution in [2.75, 3.05) is 13.1 Å². The molecule has 2 rings (SSSR count). The minimum absolute atomic E-state index is 0.248. The molecule has 3 N–H and O–H groups in total. The van der Waals surface area contributed by atoms with E-state index in [1.54, 1.807) is 0 Å². The number of hydrogen-bond donors (Lipinski definition) is 2. The second-order valence-electron chi connectivity index (χ2n) is 6.69. The maximum absolute atomic E-state index is 12.1. The van der Waals surface area contributed by atoms with Crippen molar-refractivity contribution in [3.8, 4) is 0 Å². The minimum atomic E-state index is 0.248. The first-order chi connectivity index (χ1) is 8.63. The summed E-state index contributed by atoms with van der Waals surface area (Å²) in [7, 11) is 0. The molecule has 0 atom stereocenters. The zero-order valence-corrected chi connectivity index (χ0v) is 11.7. The molecule has 0 bridgehead atoms. The average molecular weight is 252 g/mol. The van der Waals surface area contributed by atoms with Crippen LogP contribution >= 0.6 is 0 Å². The predicted molar refractivity (Wildman–Crippen MR) is 74.1 cm³/mol. The molecule has 3 nitrogen and oxygen atoms in total. The molecule has 2 aliphatic carbocycles. The fourth-order valence-electron chi connectivity index (χ4n) is 3.51. The van der Waals surface area contributed by atoms with Gasteiger partial charge in [-0.3, -0.25) is 4.79 Å². The Labute approximate surface area is 111 Å². The van der Waals surface area contributed by atoms with Crippen molar-refractivity contribution in [3.05, 3.63) is 0 Å². The number of rotatable bonds is 4. The van der Waals surface area contributed by atoms with E-state index in [2.05, 4.69) is 12.2 Å². The van der Waals surface area contributed by atoms with E-state index in [1.807, 2.05) is 0 Å². The lowest BCUT2D eigenvalue weighted by Crippen LogP contribution is -2.39. The Kier molecular flexibility index (Phi) is 4.66. The van der Waals surface area contributed by atoms with Crippen molar-refractivity contribution >= 4 is 5.91 Å². The standard InChI is InChI=1S/C15H28N2O/c1-15(8-2-3-9-15)11-17-14(18)13-6-4-12(10-16)5-7-13/h12-13H,2-11,16H2,1H3,(H,17,18).